The predicted octanol–water partition coefficient (Wildman–Crippen LogP) is 4.48. The lowest BCUT2D eigenvalue weighted by Gasteiger charge is -2.24. The van der Waals surface area contributed by atoms with E-state index in [0.717, 1.165) is 18.7 Å². The van der Waals surface area contributed by atoms with Gasteiger partial charge in [-0.25, -0.2) is 4.79 Å². The molecule has 0 aliphatic carbocycles. The Morgan fingerprint density at radius 1 is 1.17 bits per heavy atom. The maximum Gasteiger partial charge on any atom is 0.410 e. The molecule has 4 heteroatoms. The Morgan fingerprint density at radius 2 is 1.92 bits per heavy atom. The molecule has 1 fully saturated rings. The summed E-state index contributed by atoms with van der Waals surface area (Å²) in [6.07, 6.45) is 0.725. The van der Waals surface area contributed by atoms with E-state index in [0.29, 0.717) is 19.1 Å². The van der Waals surface area contributed by atoms with Gasteiger partial charge in [-0.2, -0.15) is 0 Å². The van der Waals surface area contributed by atoms with Crippen LogP contribution in [-0.2, 0) is 4.74 Å². The normalized spacial score (nSPS) is 18.0. The third kappa shape index (κ3) is 4.19. The van der Waals surface area contributed by atoms with Crippen molar-refractivity contribution in [3.63, 3.8) is 0 Å². The van der Waals surface area contributed by atoms with Crippen LogP contribution < -0.4 is 4.74 Å². The van der Waals surface area contributed by atoms with Crippen LogP contribution in [0.25, 0.3) is 10.8 Å². The number of carbonyl (C=O) groups excluding carboxylic acids is 1. The molecule has 0 radical (unpaired) electrons. The van der Waals surface area contributed by atoms with Crippen LogP contribution in [0.15, 0.2) is 42.5 Å². The Morgan fingerprint density at radius 3 is 2.67 bits per heavy atom. The van der Waals surface area contributed by atoms with E-state index in [2.05, 4.69) is 24.3 Å². The summed E-state index contributed by atoms with van der Waals surface area (Å²) >= 11 is 0. The van der Waals surface area contributed by atoms with E-state index in [9.17, 15) is 4.79 Å². The number of hydrogen-bond acceptors (Lipinski definition) is 3. The number of rotatable bonds is 3. The molecule has 0 saturated carbocycles. The van der Waals surface area contributed by atoms with Crippen LogP contribution in [0.2, 0.25) is 0 Å². The predicted molar refractivity (Wildman–Crippen MR) is 95.4 cm³/mol. The summed E-state index contributed by atoms with van der Waals surface area (Å²) in [4.78, 5) is 13.9. The molecule has 128 valence electrons. The number of amides is 1. The molecular weight excluding hydrogens is 302 g/mol. The zero-order chi connectivity index (χ0) is 17.2. The van der Waals surface area contributed by atoms with Crippen molar-refractivity contribution in [3.8, 4) is 5.75 Å². The van der Waals surface area contributed by atoms with Crippen LogP contribution in [0.3, 0.4) is 0 Å². The highest BCUT2D eigenvalue weighted by Crippen LogP contribution is 2.23. The lowest BCUT2D eigenvalue weighted by molar-refractivity contribution is 0.0285. The fourth-order valence-electron chi connectivity index (χ4n) is 2.93. The number of nitrogens with zero attached hydrogens (tertiary/aromatic N) is 1. The van der Waals surface area contributed by atoms with Gasteiger partial charge in [0.2, 0.25) is 0 Å². The zero-order valence-electron chi connectivity index (χ0n) is 14.6. The molecule has 1 aliphatic heterocycles. The van der Waals surface area contributed by atoms with Crippen LogP contribution in [0, 0.1) is 5.92 Å². The van der Waals surface area contributed by atoms with Gasteiger partial charge in [-0.15, -0.1) is 0 Å². The SMILES string of the molecule is CC(C)(C)OC(=O)N1CC[C@@H](COc2ccc3ccccc3c2)C1. The van der Waals surface area contributed by atoms with Crippen molar-refractivity contribution in [2.75, 3.05) is 19.7 Å². The van der Waals surface area contributed by atoms with E-state index >= 15 is 0 Å². The molecule has 2 aromatic rings. The third-order valence-electron chi connectivity index (χ3n) is 4.14. The number of fused-ring (bicyclic) bond motifs is 1. The summed E-state index contributed by atoms with van der Waals surface area (Å²) in [5, 5.41) is 2.39. The van der Waals surface area contributed by atoms with E-state index in [-0.39, 0.29) is 6.09 Å². The number of carbonyl (C=O) groups is 1. The van der Waals surface area contributed by atoms with Crippen molar-refractivity contribution in [1.29, 1.82) is 0 Å². The molecule has 0 unspecified atom stereocenters. The summed E-state index contributed by atoms with van der Waals surface area (Å²) < 4.78 is 11.4. The second-order valence-electron chi connectivity index (χ2n) is 7.40. The van der Waals surface area contributed by atoms with Gasteiger partial charge in [0.05, 0.1) is 6.61 Å². The molecule has 1 atom stereocenters. The molecule has 0 aromatic heterocycles. The molecule has 2 aromatic carbocycles. The van der Waals surface area contributed by atoms with Gasteiger partial charge >= 0.3 is 6.09 Å². The maximum atomic E-state index is 12.1. The molecule has 24 heavy (non-hydrogen) atoms. The summed E-state index contributed by atoms with van der Waals surface area (Å²) in [5.74, 6) is 1.23. The van der Waals surface area contributed by atoms with Crippen molar-refractivity contribution in [2.45, 2.75) is 32.8 Å². The summed E-state index contributed by atoms with van der Waals surface area (Å²) in [6.45, 7) is 7.73. The molecule has 0 bridgehead atoms. The topological polar surface area (TPSA) is 38.8 Å². The Bertz CT molecular complexity index is 720. The minimum atomic E-state index is -0.448. The Hall–Kier alpha value is -2.23. The fourth-order valence-corrected chi connectivity index (χ4v) is 2.93. The molecule has 1 aliphatic rings. The van der Waals surface area contributed by atoms with Gasteiger partial charge in [-0.05, 0) is 50.1 Å². The van der Waals surface area contributed by atoms with E-state index in [4.69, 9.17) is 9.47 Å². The summed E-state index contributed by atoms with van der Waals surface area (Å²) in [6, 6.07) is 14.4. The Balaban J connectivity index is 1.53. The van der Waals surface area contributed by atoms with Gasteiger partial charge in [0.25, 0.3) is 0 Å². The first-order chi connectivity index (χ1) is 11.4. The average molecular weight is 327 g/mol. The van der Waals surface area contributed by atoms with Gasteiger partial charge in [0, 0.05) is 19.0 Å². The molecule has 0 N–H and O–H groups in total. The minimum absolute atomic E-state index is 0.226. The highest BCUT2D eigenvalue weighted by molar-refractivity contribution is 5.83. The van der Waals surface area contributed by atoms with Crippen molar-refractivity contribution in [2.24, 2.45) is 5.92 Å². The van der Waals surface area contributed by atoms with E-state index in [1.54, 1.807) is 4.90 Å². The number of benzene rings is 2. The van der Waals surface area contributed by atoms with Crippen LogP contribution >= 0.6 is 0 Å². The highest BCUT2D eigenvalue weighted by Gasteiger charge is 2.30. The molecule has 1 amide bonds. The quantitative estimate of drug-likeness (QED) is 0.834. The molecule has 3 rings (SSSR count). The van der Waals surface area contributed by atoms with Gasteiger partial charge in [-0.1, -0.05) is 30.3 Å². The largest absolute Gasteiger partial charge is 0.493 e. The van der Waals surface area contributed by atoms with Crippen molar-refractivity contribution >= 4 is 16.9 Å². The molecule has 1 saturated heterocycles. The monoisotopic (exact) mass is 327 g/mol. The number of ether oxygens (including phenoxy) is 2. The highest BCUT2D eigenvalue weighted by atomic mass is 16.6. The van der Waals surface area contributed by atoms with E-state index in [1.165, 1.54) is 10.8 Å². The number of hydrogen-bond donors (Lipinski definition) is 0. The zero-order valence-corrected chi connectivity index (χ0v) is 14.6. The average Bonchev–Trinajstić information content (AvgIpc) is 3.00. The van der Waals surface area contributed by atoms with Crippen molar-refractivity contribution in [3.05, 3.63) is 42.5 Å². The van der Waals surface area contributed by atoms with Crippen LogP contribution in [0.4, 0.5) is 4.79 Å². The summed E-state index contributed by atoms with van der Waals surface area (Å²) in [7, 11) is 0. The number of likely N-dealkylation sites (tertiary alicyclic amines) is 1. The van der Waals surface area contributed by atoms with Crippen LogP contribution in [0.5, 0.6) is 5.75 Å². The molecule has 0 spiro atoms. The van der Waals surface area contributed by atoms with E-state index in [1.807, 2.05) is 39.0 Å². The Labute approximate surface area is 143 Å². The molecule has 1 heterocycles. The van der Waals surface area contributed by atoms with Gasteiger partial charge in [0.1, 0.15) is 11.4 Å². The smallest absolute Gasteiger partial charge is 0.410 e. The van der Waals surface area contributed by atoms with Gasteiger partial charge < -0.3 is 14.4 Å². The molecule has 4 nitrogen and oxygen atoms in total. The first kappa shape index (κ1) is 16.6. The van der Waals surface area contributed by atoms with E-state index < -0.39 is 5.60 Å². The van der Waals surface area contributed by atoms with Crippen molar-refractivity contribution in [1.82, 2.24) is 4.90 Å². The fraction of sp³-hybridized carbons (Fsp3) is 0.450. The maximum absolute atomic E-state index is 12.1. The van der Waals surface area contributed by atoms with Crippen molar-refractivity contribution < 1.29 is 14.3 Å². The second kappa shape index (κ2) is 6.71. The standard InChI is InChI=1S/C20H25NO3/c1-20(2,3)24-19(22)21-11-10-15(13-21)14-23-18-9-8-16-6-4-5-7-17(16)12-18/h4-9,12,15H,10-11,13-14H2,1-3H3/t15-/m1/s1. The minimum Gasteiger partial charge on any atom is -0.493 e. The third-order valence-corrected chi connectivity index (χ3v) is 4.14. The van der Waals surface area contributed by atoms with Gasteiger partial charge in [-0.3, -0.25) is 0 Å². The summed E-state index contributed by atoms with van der Waals surface area (Å²) in [5.41, 5.74) is -0.448. The first-order valence-corrected chi connectivity index (χ1v) is 8.50. The molecular formula is C20H25NO3. The lowest BCUT2D eigenvalue weighted by atomic mass is 10.1. The first-order valence-electron chi connectivity index (χ1n) is 8.50. The lowest BCUT2D eigenvalue weighted by Crippen LogP contribution is -2.35. The van der Waals surface area contributed by atoms with Crippen LogP contribution in [-0.4, -0.2) is 36.3 Å². The van der Waals surface area contributed by atoms with Gasteiger partial charge in [0.15, 0.2) is 0 Å². The Kier molecular flexibility index (Phi) is 4.65. The van der Waals surface area contributed by atoms with Crippen LogP contribution in [0.1, 0.15) is 27.2 Å². The second-order valence-corrected chi connectivity index (χ2v) is 7.40.